The van der Waals surface area contributed by atoms with Crippen molar-refractivity contribution in [3.05, 3.63) is 59.3 Å². The molecule has 0 amide bonds. The minimum absolute atomic E-state index is 0.682. The number of pyridine rings is 1. The molecule has 0 bridgehead atoms. The van der Waals surface area contributed by atoms with Crippen molar-refractivity contribution in [2.45, 2.75) is 234 Å². The number of benzene rings is 2. The van der Waals surface area contributed by atoms with E-state index in [-0.39, 0.29) is 0 Å². The summed E-state index contributed by atoms with van der Waals surface area (Å²) in [6.45, 7) is 15.5. The highest BCUT2D eigenvalue weighted by Gasteiger charge is 2.18. The Morgan fingerprint density at radius 3 is 1.07 bits per heavy atom. The van der Waals surface area contributed by atoms with Crippen LogP contribution in [0, 0.1) is 20.8 Å². The zero-order valence-corrected chi connectivity index (χ0v) is 40.0. The third-order valence-electron chi connectivity index (χ3n) is 12.6. The van der Waals surface area contributed by atoms with Crippen LogP contribution in [0.5, 0.6) is 17.2 Å². The number of nitrogens with zero attached hydrogens (tertiary/aromatic N) is 1. The normalized spacial score (nSPS) is 11.4. The summed E-state index contributed by atoms with van der Waals surface area (Å²) in [6.07, 6.45) is 41.3. The number of unbranched alkanes of at least 4 members (excludes halogenated alkanes) is 27. The smallest absolute Gasteiger partial charge is 0.203 e. The lowest BCUT2D eigenvalue weighted by Gasteiger charge is -2.19. The fourth-order valence-electron chi connectivity index (χ4n) is 8.33. The molecule has 0 aliphatic heterocycles. The molecule has 0 atom stereocenters. The first kappa shape index (κ1) is 51.3. The predicted molar refractivity (Wildman–Crippen MR) is 261 cm³/mol. The summed E-state index contributed by atoms with van der Waals surface area (Å²) in [5.74, 6) is 2.37. The van der Waals surface area contributed by atoms with Crippen LogP contribution in [-0.2, 0) is 0 Å². The van der Waals surface area contributed by atoms with Crippen LogP contribution in [0.3, 0.4) is 0 Å². The van der Waals surface area contributed by atoms with Gasteiger partial charge in [0.25, 0.3) is 0 Å². The topological polar surface area (TPSA) is 40.6 Å². The molecule has 60 heavy (non-hydrogen) atoms. The molecule has 3 rings (SSSR count). The average molecular weight is 826 g/mol. The van der Waals surface area contributed by atoms with Crippen molar-refractivity contribution >= 4 is 0 Å². The van der Waals surface area contributed by atoms with Crippen LogP contribution in [0.2, 0.25) is 0 Å². The van der Waals surface area contributed by atoms with Crippen LogP contribution >= 0.6 is 0 Å². The molecule has 0 aliphatic rings. The van der Waals surface area contributed by atoms with Crippen molar-refractivity contribution in [1.29, 1.82) is 0 Å². The van der Waals surface area contributed by atoms with Crippen molar-refractivity contribution in [1.82, 2.24) is 4.98 Å². The molecule has 0 spiro atoms. The van der Waals surface area contributed by atoms with E-state index >= 15 is 0 Å². The van der Waals surface area contributed by atoms with Gasteiger partial charge < -0.3 is 14.2 Å². The van der Waals surface area contributed by atoms with Gasteiger partial charge in [-0.05, 0) is 80.5 Å². The van der Waals surface area contributed by atoms with E-state index in [0.717, 1.165) is 53.3 Å². The fraction of sp³-hybridized carbons (Fsp3) is 0.696. The third kappa shape index (κ3) is 21.7. The number of hydrogen-bond donors (Lipinski definition) is 0. The molecule has 0 fully saturated rings. The van der Waals surface area contributed by atoms with Gasteiger partial charge in [0.2, 0.25) is 5.75 Å². The van der Waals surface area contributed by atoms with E-state index in [0.29, 0.717) is 19.8 Å². The second-order valence-corrected chi connectivity index (χ2v) is 18.1. The minimum Gasteiger partial charge on any atom is -0.490 e. The monoisotopic (exact) mass is 826 g/mol. The molecular weight excluding hydrogens is 735 g/mol. The first-order valence-corrected chi connectivity index (χ1v) is 25.6. The van der Waals surface area contributed by atoms with Crippen molar-refractivity contribution in [3.63, 3.8) is 0 Å². The Hall–Kier alpha value is -3.01. The number of aryl methyl sites for hydroxylation is 2. The van der Waals surface area contributed by atoms with Crippen LogP contribution in [0.15, 0.2) is 42.6 Å². The summed E-state index contributed by atoms with van der Waals surface area (Å²) in [5, 5.41) is 0. The van der Waals surface area contributed by atoms with Gasteiger partial charge in [0, 0.05) is 17.3 Å². The third-order valence-corrected chi connectivity index (χ3v) is 12.6. The minimum atomic E-state index is 0.682. The highest BCUT2D eigenvalue weighted by molar-refractivity contribution is 5.72. The van der Waals surface area contributed by atoms with Gasteiger partial charge in [-0.2, -0.15) is 0 Å². The van der Waals surface area contributed by atoms with E-state index in [4.69, 9.17) is 19.2 Å². The lowest BCUT2D eigenvalue weighted by atomic mass is 9.97. The molecule has 0 unspecified atom stereocenters. The highest BCUT2D eigenvalue weighted by atomic mass is 16.5. The Labute approximate surface area is 370 Å². The van der Waals surface area contributed by atoms with Crippen LogP contribution in [0.25, 0.3) is 22.4 Å². The number of ether oxygens (including phenoxy) is 3. The van der Waals surface area contributed by atoms with E-state index in [9.17, 15) is 0 Å². The molecule has 0 saturated carbocycles. The molecule has 1 aromatic heterocycles. The highest BCUT2D eigenvalue weighted by Crippen LogP contribution is 2.42. The first-order chi connectivity index (χ1) is 29.5. The number of hydrogen-bond acceptors (Lipinski definition) is 4. The van der Waals surface area contributed by atoms with Gasteiger partial charge in [0.05, 0.1) is 25.5 Å². The van der Waals surface area contributed by atoms with Crippen LogP contribution in [-0.4, -0.2) is 24.8 Å². The molecule has 0 radical (unpaired) electrons. The fourth-order valence-corrected chi connectivity index (χ4v) is 8.33. The predicted octanol–water partition coefficient (Wildman–Crippen LogP) is 18.2. The Bertz CT molecular complexity index is 1430. The Morgan fingerprint density at radius 1 is 0.367 bits per heavy atom. The molecule has 0 N–H and O–H groups in total. The molecule has 4 nitrogen and oxygen atoms in total. The van der Waals surface area contributed by atoms with E-state index in [1.54, 1.807) is 0 Å². The quantitative estimate of drug-likeness (QED) is 0.0540. The zero-order valence-electron chi connectivity index (χ0n) is 40.0. The van der Waals surface area contributed by atoms with Crippen LogP contribution in [0.1, 0.15) is 230 Å². The summed E-state index contributed by atoms with van der Waals surface area (Å²) in [4.78, 5) is 5.02. The van der Waals surface area contributed by atoms with Crippen LogP contribution in [0.4, 0.5) is 0 Å². The van der Waals surface area contributed by atoms with Crippen molar-refractivity contribution in [3.8, 4) is 39.6 Å². The Morgan fingerprint density at radius 2 is 0.717 bits per heavy atom. The second kappa shape index (κ2) is 33.6. The molecule has 3 aromatic rings. The maximum Gasteiger partial charge on any atom is 0.203 e. The Balaban J connectivity index is 1.72. The van der Waals surface area contributed by atoms with Gasteiger partial charge >= 0.3 is 0 Å². The maximum atomic E-state index is 6.67. The first-order valence-electron chi connectivity index (χ1n) is 25.6. The molecule has 0 aliphatic carbocycles. The summed E-state index contributed by atoms with van der Waals surface area (Å²) in [7, 11) is 0. The van der Waals surface area contributed by atoms with Gasteiger partial charge in [-0.15, -0.1) is 0 Å². The van der Waals surface area contributed by atoms with Gasteiger partial charge in [-0.1, -0.05) is 212 Å². The van der Waals surface area contributed by atoms with Crippen LogP contribution < -0.4 is 14.2 Å². The summed E-state index contributed by atoms with van der Waals surface area (Å²) < 4.78 is 20.0. The maximum absolute atomic E-state index is 6.67. The van der Waals surface area contributed by atoms with Gasteiger partial charge in [-0.3, -0.25) is 4.98 Å². The van der Waals surface area contributed by atoms with Crippen molar-refractivity contribution in [2.24, 2.45) is 0 Å². The summed E-state index contributed by atoms with van der Waals surface area (Å²) in [5.41, 5.74) is 8.28. The average Bonchev–Trinajstić information content (AvgIpc) is 3.26. The lowest BCUT2D eigenvalue weighted by molar-refractivity contribution is 0.234. The molecule has 2 aromatic carbocycles. The van der Waals surface area contributed by atoms with E-state index in [1.165, 1.54) is 196 Å². The standard InChI is InChI=1S/C56H91NO3/c1-7-10-13-16-19-22-25-28-31-34-39-58-54-44-52(53-38-37-50(46-57-53)51-42-47(4)49(6)48(5)43-51)45-55(59-40-35-32-29-26-23-20-17-14-11-8-2)56(54)60-41-36-33-30-27-24-21-18-15-12-9-3/h37-38,42-46H,7-36,39-41H2,1-6H3. The molecule has 338 valence electrons. The Kier molecular flexibility index (Phi) is 28.7. The largest absolute Gasteiger partial charge is 0.490 e. The van der Waals surface area contributed by atoms with Gasteiger partial charge in [-0.25, -0.2) is 0 Å². The van der Waals surface area contributed by atoms with Gasteiger partial charge in [0.15, 0.2) is 11.5 Å². The molecule has 1 heterocycles. The summed E-state index contributed by atoms with van der Waals surface area (Å²) in [6, 6.07) is 13.2. The lowest BCUT2D eigenvalue weighted by Crippen LogP contribution is -2.07. The molecular formula is C56H91NO3. The number of aromatic nitrogens is 1. The van der Waals surface area contributed by atoms with E-state index < -0.39 is 0 Å². The zero-order chi connectivity index (χ0) is 42.9. The molecule has 4 heteroatoms. The SMILES string of the molecule is CCCCCCCCCCCCOc1cc(-c2ccc(-c3cc(C)c(C)c(C)c3)cn2)cc(OCCCCCCCCCCCC)c1OCCCCCCCCCCCC. The van der Waals surface area contributed by atoms with E-state index in [2.05, 4.69) is 77.9 Å². The number of rotatable bonds is 38. The van der Waals surface area contributed by atoms with Crippen molar-refractivity contribution < 1.29 is 14.2 Å². The molecule has 0 saturated heterocycles. The second-order valence-electron chi connectivity index (χ2n) is 18.1. The van der Waals surface area contributed by atoms with E-state index in [1.807, 2.05) is 6.20 Å². The van der Waals surface area contributed by atoms with Crippen molar-refractivity contribution in [2.75, 3.05) is 19.8 Å². The van der Waals surface area contributed by atoms with Gasteiger partial charge in [0.1, 0.15) is 0 Å². The summed E-state index contributed by atoms with van der Waals surface area (Å²) >= 11 is 0.